The molecule has 0 atom stereocenters. The summed E-state index contributed by atoms with van der Waals surface area (Å²) in [5, 5.41) is 17.0. The average molecular weight is 446 g/mol. The van der Waals surface area contributed by atoms with E-state index in [1.54, 1.807) is 13.3 Å². The predicted octanol–water partition coefficient (Wildman–Crippen LogP) is 3.64. The van der Waals surface area contributed by atoms with E-state index in [0.29, 0.717) is 16.8 Å². The van der Waals surface area contributed by atoms with Gasteiger partial charge in [-0.3, -0.25) is 0 Å². The molecular weight excluding hydrogens is 414 g/mol. The molecule has 1 fully saturated rings. The summed E-state index contributed by atoms with van der Waals surface area (Å²) in [6.07, 6.45) is 6.97. The highest BCUT2D eigenvalue weighted by atomic mass is 35.5. The number of aliphatic hydroxyl groups is 1. The number of nitrogens with zero attached hydrogens (tertiary/aromatic N) is 3. The van der Waals surface area contributed by atoms with Crippen LogP contribution in [0.25, 0.3) is 0 Å². The molecule has 7 nitrogen and oxygen atoms in total. The second-order valence-corrected chi connectivity index (χ2v) is 8.89. The minimum absolute atomic E-state index is 0.184. The van der Waals surface area contributed by atoms with Gasteiger partial charge >= 0.3 is 0 Å². The largest absolute Gasteiger partial charge is 0.393 e. The highest BCUT2D eigenvalue weighted by Gasteiger charge is 2.21. The Morgan fingerprint density at radius 3 is 2.71 bits per heavy atom. The first-order valence-corrected chi connectivity index (χ1v) is 11.6. The third-order valence-electron chi connectivity index (χ3n) is 6.25. The molecule has 2 aromatic rings. The first kappa shape index (κ1) is 22.3. The molecule has 31 heavy (non-hydrogen) atoms. The zero-order valence-electron chi connectivity index (χ0n) is 18.1. The molecule has 0 bridgehead atoms. The van der Waals surface area contributed by atoms with E-state index >= 15 is 0 Å². The average Bonchev–Trinajstić information content (AvgIpc) is 2.98. The van der Waals surface area contributed by atoms with Crippen LogP contribution in [0.5, 0.6) is 0 Å². The molecule has 0 unspecified atom stereocenters. The number of aromatic nitrogens is 2. The Bertz CT molecular complexity index is 873. The van der Waals surface area contributed by atoms with Crippen molar-refractivity contribution in [2.45, 2.75) is 50.7 Å². The van der Waals surface area contributed by atoms with E-state index in [2.05, 4.69) is 43.7 Å². The van der Waals surface area contributed by atoms with E-state index in [-0.39, 0.29) is 12.1 Å². The number of aliphatic hydroxyl groups excluding tert-OH is 1. The van der Waals surface area contributed by atoms with Crippen molar-refractivity contribution in [2.75, 3.05) is 44.0 Å². The van der Waals surface area contributed by atoms with Gasteiger partial charge in [0.15, 0.2) is 5.82 Å². The van der Waals surface area contributed by atoms with E-state index in [1.165, 1.54) is 11.1 Å². The molecule has 0 saturated heterocycles. The van der Waals surface area contributed by atoms with Crippen molar-refractivity contribution < 1.29 is 9.84 Å². The van der Waals surface area contributed by atoms with Crippen LogP contribution in [0.4, 0.5) is 17.5 Å². The molecule has 1 saturated carbocycles. The van der Waals surface area contributed by atoms with E-state index in [1.807, 2.05) is 0 Å². The number of nitrogens with one attached hydrogen (secondary N) is 2. The number of anilines is 3. The van der Waals surface area contributed by atoms with Crippen molar-refractivity contribution in [3.8, 4) is 0 Å². The Morgan fingerprint density at radius 2 is 1.94 bits per heavy atom. The highest BCUT2D eigenvalue weighted by molar-refractivity contribution is 6.32. The molecule has 0 amide bonds. The number of hydrogen-bond donors (Lipinski definition) is 3. The van der Waals surface area contributed by atoms with Gasteiger partial charge in [-0.25, -0.2) is 4.98 Å². The first-order chi connectivity index (χ1) is 15.1. The minimum atomic E-state index is -0.184. The van der Waals surface area contributed by atoms with Gasteiger partial charge in [0.25, 0.3) is 0 Å². The molecule has 1 aliphatic carbocycles. The Labute approximate surface area is 189 Å². The second-order valence-electron chi connectivity index (χ2n) is 8.48. The normalized spacial score (nSPS) is 21.9. The summed E-state index contributed by atoms with van der Waals surface area (Å²) in [5.41, 5.74) is 3.76. The van der Waals surface area contributed by atoms with Crippen molar-refractivity contribution in [3.63, 3.8) is 0 Å². The maximum atomic E-state index is 9.71. The van der Waals surface area contributed by atoms with Crippen molar-refractivity contribution in [2.24, 2.45) is 0 Å². The van der Waals surface area contributed by atoms with Crippen molar-refractivity contribution in [3.05, 3.63) is 40.5 Å². The fourth-order valence-electron chi connectivity index (χ4n) is 4.36. The molecule has 2 heterocycles. The van der Waals surface area contributed by atoms with Crippen LogP contribution in [0.2, 0.25) is 5.02 Å². The molecule has 0 spiro atoms. The summed E-state index contributed by atoms with van der Waals surface area (Å²) in [6.45, 7) is 3.86. The number of rotatable bonds is 7. The quantitative estimate of drug-likeness (QED) is 0.600. The molecule has 8 heteroatoms. The van der Waals surface area contributed by atoms with Crippen LogP contribution in [0.3, 0.4) is 0 Å². The lowest BCUT2D eigenvalue weighted by atomic mass is 9.93. The lowest BCUT2D eigenvalue weighted by Crippen LogP contribution is -2.29. The predicted molar refractivity (Wildman–Crippen MR) is 124 cm³/mol. The van der Waals surface area contributed by atoms with Gasteiger partial charge in [0.1, 0.15) is 5.02 Å². The van der Waals surface area contributed by atoms with Gasteiger partial charge in [-0.2, -0.15) is 4.98 Å². The Morgan fingerprint density at radius 1 is 1.16 bits per heavy atom. The lowest BCUT2D eigenvalue weighted by Gasteiger charge is -2.26. The van der Waals surface area contributed by atoms with Crippen LogP contribution < -0.4 is 10.6 Å². The van der Waals surface area contributed by atoms with Crippen LogP contribution in [0, 0.1) is 0 Å². The smallest absolute Gasteiger partial charge is 0.229 e. The maximum Gasteiger partial charge on any atom is 0.229 e. The van der Waals surface area contributed by atoms with Crippen molar-refractivity contribution in [1.82, 2.24) is 14.9 Å². The Kier molecular flexibility index (Phi) is 7.61. The molecule has 2 aliphatic rings. The van der Waals surface area contributed by atoms with E-state index in [0.717, 1.165) is 70.5 Å². The highest BCUT2D eigenvalue weighted by Crippen LogP contribution is 2.27. The van der Waals surface area contributed by atoms with Gasteiger partial charge in [0.05, 0.1) is 18.9 Å². The van der Waals surface area contributed by atoms with E-state index in [4.69, 9.17) is 16.3 Å². The van der Waals surface area contributed by atoms with Crippen LogP contribution in [-0.2, 0) is 17.6 Å². The molecule has 3 N–H and O–H groups in total. The number of ether oxygens (including phenoxy) is 1. The third-order valence-corrected chi connectivity index (χ3v) is 6.53. The van der Waals surface area contributed by atoms with E-state index in [9.17, 15) is 5.11 Å². The monoisotopic (exact) mass is 445 g/mol. The topological polar surface area (TPSA) is 82.5 Å². The fourth-order valence-corrected chi connectivity index (χ4v) is 4.51. The van der Waals surface area contributed by atoms with Gasteiger partial charge < -0.3 is 25.4 Å². The standard InChI is InChI=1S/C23H32ClN5O2/c1-31-13-12-29-10-8-16-2-3-19(14-17(16)9-11-29)27-23-25-15-21(24)22(28-23)26-18-4-6-20(30)7-5-18/h2-3,14-15,18,20,30H,4-13H2,1H3,(H2,25,26,27,28). The Hall–Kier alpha value is -1.93. The second kappa shape index (κ2) is 10.6. The number of methoxy groups -OCH3 is 1. The molecular formula is C23H32ClN5O2. The Balaban J connectivity index is 1.41. The van der Waals surface area contributed by atoms with Crippen LogP contribution in [0.15, 0.2) is 24.4 Å². The van der Waals surface area contributed by atoms with Crippen LogP contribution in [0.1, 0.15) is 36.8 Å². The van der Waals surface area contributed by atoms with Gasteiger partial charge in [-0.1, -0.05) is 17.7 Å². The van der Waals surface area contributed by atoms with Crippen LogP contribution in [-0.4, -0.2) is 65.5 Å². The SMILES string of the molecule is COCCN1CCc2ccc(Nc3ncc(Cl)c(NC4CCC(O)CC4)n3)cc2CC1. The number of benzene rings is 1. The summed E-state index contributed by atoms with van der Waals surface area (Å²) in [4.78, 5) is 11.4. The third kappa shape index (κ3) is 6.07. The van der Waals surface area contributed by atoms with Gasteiger partial charge in [-0.15, -0.1) is 0 Å². The van der Waals surface area contributed by atoms with Gasteiger partial charge in [0, 0.05) is 38.5 Å². The fraction of sp³-hybridized carbons (Fsp3) is 0.565. The summed E-state index contributed by atoms with van der Waals surface area (Å²) < 4.78 is 5.23. The molecule has 1 aromatic carbocycles. The summed E-state index contributed by atoms with van der Waals surface area (Å²) >= 11 is 6.33. The number of halogens is 1. The lowest BCUT2D eigenvalue weighted by molar-refractivity contribution is 0.126. The van der Waals surface area contributed by atoms with Gasteiger partial charge in [0.2, 0.25) is 5.95 Å². The first-order valence-electron chi connectivity index (χ1n) is 11.2. The molecule has 4 rings (SSSR count). The van der Waals surface area contributed by atoms with Crippen LogP contribution >= 0.6 is 11.6 Å². The molecule has 1 aromatic heterocycles. The molecule has 1 aliphatic heterocycles. The van der Waals surface area contributed by atoms with Crippen molar-refractivity contribution in [1.29, 1.82) is 0 Å². The maximum absolute atomic E-state index is 9.71. The zero-order valence-corrected chi connectivity index (χ0v) is 18.9. The number of hydrogen-bond acceptors (Lipinski definition) is 7. The van der Waals surface area contributed by atoms with Crippen molar-refractivity contribution >= 4 is 29.1 Å². The minimum Gasteiger partial charge on any atom is -0.393 e. The summed E-state index contributed by atoms with van der Waals surface area (Å²) in [7, 11) is 1.75. The summed E-state index contributed by atoms with van der Waals surface area (Å²) in [5.74, 6) is 1.17. The number of fused-ring (bicyclic) bond motifs is 1. The molecule has 168 valence electrons. The molecule has 0 radical (unpaired) electrons. The van der Waals surface area contributed by atoms with E-state index < -0.39 is 0 Å². The van der Waals surface area contributed by atoms with Gasteiger partial charge in [-0.05, 0) is 61.8 Å². The zero-order chi connectivity index (χ0) is 21.6. The summed E-state index contributed by atoms with van der Waals surface area (Å²) in [6, 6.07) is 6.79.